The lowest BCUT2D eigenvalue weighted by molar-refractivity contribution is 0.656. The van der Waals surface area contributed by atoms with Crippen molar-refractivity contribution in [1.29, 1.82) is 0 Å². The molecule has 0 aliphatic rings. The van der Waals surface area contributed by atoms with E-state index in [2.05, 4.69) is 81.9 Å². The maximum atomic E-state index is 4.48. The van der Waals surface area contributed by atoms with Crippen molar-refractivity contribution in [3.63, 3.8) is 0 Å². The van der Waals surface area contributed by atoms with Gasteiger partial charge in [-0.3, -0.25) is 0 Å². The molecule has 32 heavy (non-hydrogen) atoms. The van der Waals surface area contributed by atoms with Crippen LogP contribution < -0.4 is 0 Å². The van der Waals surface area contributed by atoms with Crippen LogP contribution in [0.4, 0.5) is 0 Å². The quantitative estimate of drug-likeness (QED) is 0.202. The summed E-state index contributed by atoms with van der Waals surface area (Å²) in [4.78, 5) is 13.1. The van der Waals surface area contributed by atoms with Gasteiger partial charge in [-0.1, -0.05) is 88.4 Å². The minimum Gasteiger partial charge on any atom is -0.347 e. The highest BCUT2D eigenvalue weighted by Gasteiger charge is 2.06. The second-order valence-corrected chi connectivity index (χ2v) is 8.80. The van der Waals surface area contributed by atoms with E-state index in [0.717, 1.165) is 23.9 Å². The normalized spacial score (nSPS) is 10.6. The van der Waals surface area contributed by atoms with E-state index >= 15 is 0 Å². The van der Waals surface area contributed by atoms with Crippen LogP contribution in [-0.2, 0) is 12.3 Å². The summed E-state index contributed by atoms with van der Waals surface area (Å²) >= 11 is 1.79. The lowest BCUT2D eigenvalue weighted by atomic mass is 10.1. The van der Waals surface area contributed by atoms with Gasteiger partial charge in [-0.05, 0) is 23.3 Å². The molecule has 0 spiro atoms. The van der Waals surface area contributed by atoms with Gasteiger partial charge >= 0.3 is 0 Å². The molecule has 0 unspecified atom stereocenters. The van der Waals surface area contributed by atoms with Gasteiger partial charge in [0.1, 0.15) is 11.6 Å². The van der Waals surface area contributed by atoms with Crippen molar-refractivity contribution in [1.82, 2.24) is 19.5 Å². The molecule has 0 atom stereocenters. The molecule has 4 rings (SSSR count). The van der Waals surface area contributed by atoms with E-state index in [1.54, 1.807) is 18.0 Å². The molecule has 5 heteroatoms. The molecular formula is C27H34N4S. The molecule has 0 aliphatic carbocycles. The minimum absolute atomic E-state index is 0.718. The predicted octanol–water partition coefficient (Wildman–Crippen LogP) is 7.59. The summed E-state index contributed by atoms with van der Waals surface area (Å²) in [5.74, 6) is 2.82. The fourth-order valence-corrected chi connectivity index (χ4v) is 4.23. The first-order chi connectivity index (χ1) is 15.8. The lowest BCUT2D eigenvalue weighted by Crippen LogP contribution is -2.04. The highest BCUT2D eigenvalue weighted by atomic mass is 32.2. The van der Waals surface area contributed by atoms with E-state index in [-0.39, 0.29) is 0 Å². The average Bonchev–Trinajstić information content (AvgIpc) is 3.52. The Labute approximate surface area is 196 Å². The van der Waals surface area contributed by atoms with Crippen molar-refractivity contribution in [2.24, 2.45) is 0 Å². The van der Waals surface area contributed by atoms with Gasteiger partial charge in [0.2, 0.25) is 0 Å². The fraction of sp³-hybridized carbons (Fsp3) is 0.333. The van der Waals surface area contributed by atoms with Crippen LogP contribution >= 0.6 is 11.8 Å². The van der Waals surface area contributed by atoms with Gasteiger partial charge in [-0.25, -0.2) is 9.97 Å². The van der Waals surface area contributed by atoms with E-state index in [1.165, 1.54) is 48.1 Å². The van der Waals surface area contributed by atoms with Crippen molar-refractivity contribution in [2.45, 2.75) is 63.1 Å². The molecule has 0 fully saturated rings. The second-order valence-electron chi connectivity index (χ2n) is 7.75. The fourth-order valence-electron chi connectivity index (χ4n) is 3.37. The molecule has 0 amide bonds. The number of aromatic amines is 1. The molecule has 0 saturated carbocycles. The summed E-state index contributed by atoms with van der Waals surface area (Å²) < 4.78 is 2.13. The first-order valence-electron chi connectivity index (χ1n) is 11.6. The highest BCUT2D eigenvalue weighted by molar-refractivity contribution is 7.98. The third-order valence-electron chi connectivity index (χ3n) is 5.21. The Balaban J connectivity index is 0.000000360. The predicted molar refractivity (Wildman–Crippen MR) is 136 cm³/mol. The van der Waals surface area contributed by atoms with Crippen molar-refractivity contribution in [3.05, 3.63) is 91.0 Å². The first kappa shape index (κ1) is 23.9. The molecule has 0 radical (unpaired) electrons. The number of hydrogen-bond donors (Lipinski definition) is 1. The summed E-state index contributed by atoms with van der Waals surface area (Å²) in [6, 6.07) is 19.1. The van der Waals surface area contributed by atoms with Gasteiger partial charge in [-0.15, -0.1) is 11.8 Å². The zero-order valence-electron chi connectivity index (χ0n) is 19.2. The molecule has 2 heterocycles. The zero-order chi connectivity index (χ0) is 22.4. The Kier molecular flexibility index (Phi) is 10.1. The van der Waals surface area contributed by atoms with Crippen molar-refractivity contribution in [3.8, 4) is 11.1 Å². The number of thioether (sulfide) groups is 1. The van der Waals surface area contributed by atoms with E-state index in [0.29, 0.717) is 0 Å². The summed E-state index contributed by atoms with van der Waals surface area (Å²) in [5.41, 5.74) is 2.48. The Morgan fingerprint density at radius 2 is 1.53 bits per heavy atom. The monoisotopic (exact) mass is 446 g/mol. The number of aromatic nitrogens is 4. The lowest BCUT2D eigenvalue weighted by Gasteiger charge is -2.07. The number of imidazole rings is 2. The Morgan fingerprint density at radius 1 is 0.812 bits per heavy atom. The molecule has 1 N–H and O–H groups in total. The maximum Gasteiger partial charge on any atom is 0.126 e. The first-order valence-corrected chi connectivity index (χ1v) is 12.5. The van der Waals surface area contributed by atoms with Crippen LogP contribution in [0.1, 0.15) is 57.6 Å². The van der Waals surface area contributed by atoms with Crippen molar-refractivity contribution in [2.75, 3.05) is 0 Å². The SMILES string of the molecule is CCCCCCC.c1ccc(-c2ccc(SCc3nccn3Cc3ncc[nH]3)cc2)cc1. The molecule has 2 aromatic carbocycles. The zero-order valence-corrected chi connectivity index (χ0v) is 20.0. The van der Waals surface area contributed by atoms with Crippen LogP contribution in [0.2, 0.25) is 0 Å². The van der Waals surface area contributed by atoms with Gasteiger partial charge in [0.05, 0.1) is 12.3 Å². The summed E-state index contributed by atoms with van der Waals surface area (Å²) in [6.45, 7) is 5.21. The van der Waals surface area contributed by atoms with E-state index < -0.39 is 0 Å². The van der Waals surface area contributed by atoms with Crippen LogP contribution in [0.5, 0.6) is 0 Å². The number of nitrogens with one attached hydrogen (secondary N) is 1. The number of nitrogens with zero attached hydrogens (tertiary/aromatic N) is 3. The van der Waals surface area contributed by atoms with Crippen molar-refractivity contribution >= 4 is 11.8 Å². The number of benzene rings is 2. The van der Waals surface area contributed by atoms with E-state index in [1.807, 2.05) is 24.7 Å². The molecule has 0 bridgehead atoms. The van der Waals surface area contributed by atoms with E-state index in [4.69, 9.17) is 0 Å². The van der Waals surface area contributed by atoms with Gasteiger partial charge in [0.15, 0.2) is 0 Å². The number of unbranched alkanes of at least 4 members (excludes halogenated alkanes) is 4. The van der Waals surface area contributed by atoms with Gasteiger partial charge in [0, 0.05) is 29.7 Å². The van der Waals surface area contributed by atoms with Crippen LogP contribution in [0.3, 0.4) is 0 Å². The maximum absolute atomic E-state index is 4.48. The summed E-state index contributed by atoms with van der Waals surface area (Å²) in [7, 11) is 0. The topological polar surface area (TPSA) is 46.5 Å². The third-order valence-corrected chi connectivity index (χ3v) is 6.22. The van der Waals surface area contributed by atoms with Crippen LogP contribution in [0.15, 0.2) is 84.3 Å². The van der Waals surface area contributed by atoms with Gasteiger partial charge < -0.3 is 9.55 Å². The minimum atomic E-state index is 0.718. The number of rotatable bonds is 10. The van der Waals surface area contributed by atoms with Crippen molar-refractivity contribution < 1.29 is 0 Å². The standard InChI is InChI=1S/C20H18N4S.C7H16/c1-2-4-16(5-3-1)17-6-8-18(9-7-17)25-15-20-23-12-13-24(20)14-19-21-10-11-22-19;1-3-5-7-6-4-2/h1-13H,14-15H2,(H,21,22);3-7H2,1-2H3. The third kappa shape index (κ3) is 7.72. The van der Waals surface area contributed by atoms with Gasteiger partial charge in [-0.2, -0.15) is 0 Å². The second kappa shape index (κ2) is 13.6. The van der Waals surface area contributed by atoms with E-state index in [9.17, 15) is 0 Å². The average molecular weight is 447 g/mol. The van der Waals surface area contributed by atoms with Crippen LogP contribution in [0.25, 0.3) is 11.1 Å². The summed E-state index contributed by atoms with van der Waals surface area (Å²) in [5, 5.41) is 0. The molecule has 4 nitrogen and oxygen atoms in total. The molecule has 2 aromatic heterocycles. The van der Waals surface area contributed by atoms with Crippen LogP contribution in [0, 0.1) is 0 Å². The number of H-pyrrole nitrogens is 1. The number of hydrogen-bond acceptors (Lipinski definition) is 3. The molecule has 0 saturated heterocycles. The summed E-state index contributed by atoms with van der Waals surface area (Å²) in [6.07, 6.45) is 14.5. The Hall–Kier alpha value is -2.79. The molecule has 168 valence electrons. The Bertz CT molecular complexity index is 988. The highest BCUT2D eigenvalue weighted by Crippen LogP contribution is 2.26. The molecule has 0 aliphatic heterocycles. The molecular weight excluding hydrogens is 412 g/mol. The molecule has 4 aromatic rings. The largest absolute Gasteiger partial charge is 0.347 e. The Morgan fingerprint density at radius 3 is 2.19 bits per heavy atom. The smallest absolute Gasteiger partial charge is 0.126 e. The van der Waals surface area contributed by atoms with Crippen LogP contribution in [-0.4, -0.2) is 19.5 Å². The van der Waals surface area contributed by atoms with Gasteiger partial charge in [0.25, 0.3) is 0 Å².